The fourth-order valence-corrected chi connectivity index (χ4v) is 1.60. The number of ketones is 1. The minimum absolute atomic E-state index is 0.00652. The Morgan fingerprint density at radius 2 is 2.19 bits per heavy atom. The van der Waals surface area contributed by atoms with Gasteiger partial charge in [0.1, 0.15) is 0 Å². The molecule has 0 aliphatic heterocycles. The Balaban J connectivity index is 2.01. The minimum Gasteiger partial charge on any atom is -0.289 e. The molecule has 1 heteroatoms. The van der Waals surface area contributed by atoms with E-state index in [4.69, 9.17) is 1.37 Å². The van der Waals surface area contributed by atoms with Crippen molar-refractivity contribution in [1.29, 1.82) is 0 Å². The molecule has 0 spiro atoms. The molecule has 0 radical (unpaired) electrons. The maximum absolute atomic E-state index is 11.8. The number of allylic oxidation sites excluding steroid dienone is 6. The van der Waals surface area contributed by atoms with E-state index in [1.807, 2.05) is 18.2 Å². The number of hydrogen-bond donors (Lipinski definition) is 0. The zero-order valence-electron chi connectivity index (χ0n) is 9.97. The molecule has 2 rings (SSSR count). The topological polar surface area (TPSA) is 17.1 Å². The highest BCUT2D eigenvalue weighted by Crippen LogP contribution is 2.13. The molecule has 1 aliphatic rings. The van der Waals surface area contributed by atoms with Crippen molar-refractivity contribution in [2.75, 3.05) is 0 Å². The van der Waals surface area contributed by atoms with Crippen molar-refractivity contribution in [1.82, 2.24) is 0 Å². The van der Waals surface area contributed by atoms with E-state index in [2.05, 4.69) is 12.2 Å². The zero-order valence-corrected chi connectivity index (χ0v) is 8.97. The highest BCUT2D eigenvalue weighted by molar-refractivity contribution is 6.04. The molecular weight excluding hydrogens is 196 g/mol. The summed E-state index contributed by atoms with van der Waals surface area (Å²) >= 11 is 0. The molecule has 0 N–H and O–H groups in total. The van der Waals surface area contributed by atoms with Crippen molar-refractivity contribution in [3.05, 3.63) is 72.3 Å². The van der Waals surface area contributed by atoms with Gasteiger partial charge in [-0.25, -0.2) is 0 Å². The van der Waals surface area contributed by atoms with Gasteiger partial charge in [-0.2, -0.15) is 0 Å². The van der Waals surface area contributed by atoms with E-state index in [1.54, 1.807) is 30.3 Å². The van der Waals surface area contributed by atoms with Crippen LogP contribution in [0.15, 0.2) is 66.8 Å². The molecule has 1 aliphatic carbocycles. The second-order valence-electron chi connectivity index (χ2n) is 3.72. The molecule has 1 unspecified atom stereocenters. The second kappa shape index (κ2) is 5.26. The Morgan fingerprint density at radius 1 is 1.38 bits per heavy atom. The largest absolute Gasteiger partial charge is 0.289 e. The lowest BCUT2D eigenvalue weighted by Gasteiger charge is -2.06. The average Bonchev–Trinajstić information content (AvgIpc) is 2.38. The van der Waals surface area contributed by atoms with Gasteiger partial charge in [0.25, 0.3) is 0 Å². The van der Waals surface area contributed by atoms with E-state index in [-0.39, 0.29) is 5.78 Å². The van der Waals surface area contributed by atoms with Crippen molar-refractivity contribution in [2.45, 2.75) is 6.42 Å². The molecule has 0 aromatic heterocycles. The van der Waals surface area contributed by atoms with Gasteiger partial charge in [-0.1, -0.05) is 60.7 Å². The molecule has 0 saturated heterocycles. The first kappa shape index (κ1) is 9.34. The van der Waals surface area contributed by atoms with Gasteiger partial charge in [-0.3, -0.25) is 4.79 Å². The number of hydrogen-bond acceptors (Lipinski definition) is 1. The summed E-state index contributed by atoms with van der Waals surface area (Å²) in [5, 5.41) is 0. The van der Waals surface area contributed by atoms with E-state index in [1.165, 1.54) is 0 Å². The third-order valence-corrected chi connectivity index (χ3v) is 2.51. The van der Waals surface area contributed by atoms with Crippen LogP contribution in [0.4, 0.5) is 0 Å². The third kappa shape index (κ3) is 2.80. The molecular formula is C15H14O. The Morgan fingerprint density at radius 3 is 2.88 bits per heavy atom. The number of benzene rings is 1. The van der Waals surface area contributed by atoms with E-state index in [0.717, 1.165) is 6.42 Å². The van der Waals surface area contributed by atoms with E-state index in [0.29, 0.717) is 17.5 Å². The normalized spacial score (nSPS) is 20.0. The predicted molar refractivity (Wildman–Crippen MR) is 66.3 cm³/mol. The number of carbonyl (C=O) groups excluding carboxylic acids is 1. The van der Waals surface area contributed by atoms with Gasteiger partial charge in [-0.05, 0) is 18.4 Å². The first-order chi connectivity index (χ1) is 8.25. The summed E-state index contributed by atoms with van der Waals surface area (Å²) in [7, 11) is 0. The predicted octanol–water partition coefficient (Wildman–Crippen LogP) is 3.56. The van der Waals surface area contributed by atoms with E-state index in [9.17, 15) is 4.79 Å². The molecule has 16 heavy (non-hydrogen) atoms. The summed E-state index contributed by atoms with van der Waals surface area (Å²) in [6.07, 6.45) is 12.7. The van der Waals surface area contributed by atoms with Gasteiger partial charge in [0.05, 0.1) is 1.37 Å². The van der Waals surface area contributed by atoms with Crippen molar-refractivity contribution < 1.29 is 6.17 Å². The van der Waals surface area contributed by atoms with Gasteiger partial charge >= 0.3 is 0 Å². The maximum atomic E-state index is 11.8. The minimum atomic E-state index is -0.00652. The molecule has 0 heterocycles. The van der Waals surface area contributed by atoms with Crippen molar-refractivity contribution in [2.24, 2.45) is 5.92 Å². The van der Waals surface area contributed by atoms with Gasteiger partial charge < -0.3 is 0 Å². The summed E-state index contributed by atoms with van der Waals surface area (Å²) in [5.74, 6) is 0.312. The van der Waals surface area contributed by atoms with Crippen molar-refractivity contribution >= 4 is 5.78 Å². The van der Waals surface area contributed by atoms with Crippen LogP contribution in [0.3, 0.4) is 0 Å². The van der Waals surface area contributed by atoms with Crippen LogP contribution in [0.2, 0.25) is 0 Å². The van der Waals surface area contributed by atoms with Crippen LogP contribution in [0.5, 0.6) is 0 Å². The first-order valence-corrected chi connectivity index (χ1v) is 5.38. The molecule has 1 nitrogen and oxygen atoms in total. The summed E-state index contributed by atoms with van der Waals surface area (Å²) in [6.45, 7) is 0. The average molecular weight is 211 g/mol. The number of rotatable bonds is 3. The Labute approximate surface area is 97.2 Å². The van der Waals surface area contributed by atoms with Crippen LogP contribution in [0.25, 0.3) is 0 Å². The Hall–Kier alpha value is -1.89. The summed E-state index contributed by atoms with van der Waals surface area (Å²) in [6, 6.07) is 7.05. The third-order valence-electron chi connectivity index (χ3n) is 2.51. The summed E-state index contributed by atoms with van der Waals surface area (Å²) in [4.78, 5) is 11.8. The molecule has 0 saturated carbocycles. The SMILES string of the molecule is [2H]c1ccc(C(=O)/C=C/C2C=CC=CC2)cc1. The van der Waals surface area contributed by atoms with Gasteiger partial charge in [0, 0.05) is 5.56 Å². The molecule has 1 aromatic carbocycles. The van der Waals surface area contributed by atoms with Crippen LogP contribution in [-0.4, -0.2) is 5.78 Å². The summed E-state index contributed by atoms with van der Waals surface area (Å²) in [5.41, 5.74) is 0.632. The second-order valence-corrected chi connectivity index (χ2v) is 3.72. The van der Waals surface area contributed by atoms with Crippen LogP contribution >= 0.6 is 0 Å². The van der Waals surface area contributed by atoms with Crippen LogP contribution < -0.4 is 0 Å². The van der Waals surface area contributed by atoms with E-state index < -0.39 is 0 Å². The zero-order chi connectivity index (χ0) is 12.1. The quantitative estimate of drug-likeness (QED) is 0.552. The lowest BCUT2D eigenvalue weighted by molar-refractivity contribution is 0.104. The molecule has 0 amide bonds. The fourth-order valence-electron chi connectivity index (χ4n) is 1.60. The molecule has 0 bridgehead atoms. The maximum Gasteiger partial charge on any atom is 0.185 e. The lowest BCUT2D eigenvalue weighted by atomic mass is 9.99. The summed E-state index contributed by atoms with van der Waals surface area (Å²) < 4.78 is 7.35. The van der Waals surface area contributed by atoms with Crippen LogP contribution in [0.1, 0.15) is 18.1 Å². The highest BCUT2D eigenvalue weighted by Gasteiger charge is 2.03. The monoisotopic (exact) mass is 211 g/mol. The Kier molecular flexibility index (Phi) is 3.07. The standard InChI is InChI=1S/C15H14O/c16-15(14-9-5-2-6-10-14)12-11-13-7-3-1-4-8-13/h1-7,9-13H,8H2/b12-11+/i2D. The molecule has 1 atom stereocenters. The van der Waals surface area contributed by atoms with Crippen LogP contribution in [-0.2, 0) is 0 Å². The van der Waals surface area contributed by atoms with Gasteiger partial charge in [0.2, 0.25) is 0 Å². The number of carbonyl (C=O) groups is 1. The lowest BCUT2D eigenvalue weighted by Crippen LogP contribution is -1.97. The van der Waals surface area contributed by atoms with E-state index >= 15 is 0 Å². The fraction of sp³-hybridized carbons (Fsp3) is 0.133. The van der Waals surface area contributed by atoms with Gasteiger partial charge in [-0.15, -0.1) is 0 Å². The Bertz CT molecular complexity index is 480. The first-order valence-electron chi connectivity index (χ1n) is 5.88. The van der Waals surface area contributed by atoms with Crippen molar-refractivity contribution in [3.63, 3.8) is 0 Å². The van der Waals surface area contributed by atoms with Crippen LogP contribution in [0, 0.1) is 5.92 Å². The highest BCUT2D eigenvalue weighted by atomic mass is 16.1. The molecule has 0 fully saturated rings. The smallest absolute Gasteiger partial charge is 0.185 e. The molecule has 80 valence electrons. The molecule has 1 aromatic rings. The van der Waals surface area contributed by atoms with Gasteiger partial charge in [0.15, 0.2) is 5.78 Å². The van der Waals surface area contributed by atoms with Crippen molar-refractivity contribution in [3.8, 4) is 0 Å².